The zero-order chi connectivity index (χ0) is 18.7. The van der Waals surface area contributed by atoms with Crippen molar-refractivity contribution in [3.8, 4) is 0 Å². The highest BCUT2D eigenvalue weighted by atomic mass is 32.2. The summed E-state index contributed by atoms with van der Waals surface area (Å²) in [6.07, 6.45) is 5.20. The monoisotopic (exact) mass is 403 g/mol. The van der Waals surface area contributed by atoms with E-state index >= 15 is 0 Å². The molecule has 0 saturated carbocycles. The molecule has 142 valence electrons. The molecule has 0 unspecified atom stereocenters. The van der Waals surface area contributed by atoms with Gasteiger partial charge in [0.25, 0.3) is 10.0 Å². The molecule has 0 aliphatic carbocycles. The van der Waals surface area contributed by atoms with Crippen LogP contribution in [-0.4, -0.2) is 66.9 Å². The van der Waals surface area contributed by atoms with Crippen molar-refractivity contribution >= 4 is 37.3 Å². The zero-order valence-electron chi connectivity index (χ0n) is 14.8. The van der Waals surface area contributed by atoms with Crippen molar-refractivity contribution in [3.05, 3.63) is 48.9 Å². The van der Waals surface area contributed by atoms with Crippen LogP contribution in [0.3, 0.4) is 0 Å². The van der Waals surface area contributed by atoms with Crippen LogP contribution in [-0.2, 0) is 10.0 Å². The molecule has 0 spiro atoms. The quantitative estimate of drug-likeness (QED) is 0.679. The number of piperazine rings is 1. The van der Waals surface area contributed by atoms with Gasteiger partial charge in [0, 0.05) is 63.5 Å². The Morgan fingerprint density at radius 1 is 1.07 bits per heavy atom. The van der Waals surface area contributed by atoms with Gasteiger partial charge in [-0.05, 0) is 30.3 Å². The SMILES string of the molecule is O=S(=O)(c1cc2ncccc2s1)N1CCN(CCNc2ccncc2)CC1. The molecule has 0 radical (unpaired) electrons. The van der Waals surface area contributed by atoms with Crippen molar-refractivity contribution < 1.29 is 8.42 Å². The number of anilines is 1. The number of sulfonamides is 1. The summed E-state index contributed by atoms with van der Waals surface area (Å²) in [5.74, 6) is 0. The number of fused-ring (bicyclic) bond motifs is 1. The Bertz CT molecular complexity index is 966. The van der Waals surface area contributed by atoms with Crippen LogP contribution in [0, 0.1) is 0 Å². The highest BCUT2D eigenvalue weighted by Gasteiger charge is 2.29. The second-order valence-corrected chi connectivity index (χ2v) is 9.61. The maximum atomic E-state index is 12.9. The normalized spacial score (nSPS) is 16.6. The Kier molecular flexibility index (Phi) is 5.35. The van der Waals surface area contributed by atoms with Gasteiger partial charge < -0.3 is 5.32 Å². The van der Waals surface area contributed by atoms with Gasteiger partial charge in [0.05, 0.1) is 10.2 Å². The molecule has 1 aliphatic rings. The first-order valence-electron chi connectivity index (χ1n) is 8.84. The van der Waals surface area contributed by atoms with E-state index in [-0.39, 0.29) is 0 Å². The highest BCUT2D eigenvalue weighted by Crippen LogP contribution is 2.30. The predicted molar refractivity (Wildman–Crippen MR) is 108 cm³/mol. The van der Waals surface area contributed by atoms with E-state index in [4.69, 9.17) is 0 Å². The van der Waals surface area contributed by atoms with Crippen LogP contribution in [0.4, 0.5) is 5.69 Å². The van der Waals surface area contributed by atoms with Gasteiger partial charge in [0.15, 0.2) is 0 Å². The minimum absolute atomic E-state index is 0.379. The molecule has 0 atom stereocenters. The molecule has 0 bridgehead atoms. The van der Waals surface area contributed by atoms with E-state index in [1.165, 1.54) is 11.3 Å². The first-order valence-corrected chi connectivity index (χ1v) is 11.1. The predicted octanol–water partition coefficient (Wildman–Crippen LogP) is 2.11. The number of hydrogen-bond acceptors (Lipinski definition) is 7. The van der Waals surface area contributed by atoms with Gasteiger partial charge in [-0.15, -0.1) is 11.3 Å². The molecule has 4 heterocycles. The fourth-order valence-electron chi connectivity index (χ4n) is 3.12. The summed E-state index contributed by atoms with van der Waals surface area (Å²) in [6, 6.07) is 9.28. The van der Waals surface area contributed by atoms with Gasteiger partial charge >= 0.3 is 0 Å². The first-order chi connectivity index (χ1) is 13.1. The molecule has 9 heteroatoms. The lowest BCUT2D eigenvalue weighted by Crippen LogP contribution is -2.49. The molecule has 1 N–H and O–H groups in total. The van der Waals surface area contributed by atoms with Crippen LogP contribution in [0.25, 0.3) is 10.2 Å². The standard InChI is InChI=1S/C18H21N5O2S2/c24-27(25,18-14-16-17(26-18)2-1-5-21-16)23-12-10-22(11-13-23)9-8-20-15-3-6-19-7-4-15/h1-7,14H,8-13H2,(H,19,20). The Balaban J connectivity index is 1.33. The molecule has 27 heavy (non-hydrogen) atoms. The topological polar surface area (TPSA) is 78.4 Å². The van der Waals surface area contributed by atoms with Crippen LogP contribution in [0.15, 0.2) is 53.1 Å². The molecule has 1 fully saturated rings. The first kappa shape index (κ1) is 18.3. The molecular formula is C18H21N5O2S2. The molecule has 0 aromatic carbocycles. The van der Waals surface area contributed by atoms with Crippen LogP contribution < -0.4 is 5.32 Å². The van der Waals surface area contributed by atoms with E-state index in [1.807, 2.05) is 24.3 Å². The Morgan fingerprint density at radius 3 is 2.59 bits per heavy atom. The van der Waals surface area contributed by atoms with Crippen molar-refractivity contribution in [1.29, 1.82) is 0 Å². The van der Waals surface area contributed by atoms with E-state index < -0.39 is 10.0 Å². The number of thiophene rings is 1. The number of rotatable bonds is 6. The molecule has 1 aliphatic heterocycles. The average molecular weight is 404 g/mol. The summed E-state index contributed by atoms with van der Waals surface area (Å²) in [4.78, 5) is 10.5. The van der Waals surface area contributed by atoms with E-state index in [2.05, 4.69) is 20.2 Å². The van der Waals surface area contributed by atoms with Crippen molar-refractivity contribution in [3.63, 3.8) is 0 Å². The molecule has 7 nitrogen and oxygen atoms in total. The Morgan fingerprint density at radius 2 is 1.85 bits per heavy atom. The number of nitrogens with one attached hydrogen (secondary N) is 1. The van der Waals surface area contributed by atoms with Crippen molar-refractivity contribution in [2.45, 2.75) is 4.21 Å². The molecule has 3 aromatic rings. The maximum Gasteiger partial charge on any atom is 0.252 e. The van der Waals surface area contributed by atoms with Crippen molar-refractivity contribution in [2.75, 3.05) is 44.6 Å². The van der Waals surface area contributed by atoms with Crippen molar-refractivity contribution in [1.82, 2.24) is 19.2 Å². The van der Waals surface area contributed by atoms with Gasteiger partial charge in [0.1, 0.15) is 4.21 Å². The number of pyridine rings is 2. The third kappa shape index (κ3) is 4.11. The van der Waals surface area contributed by atoms with Crippen molar-refractivity contribution in [2.24, 2.45) is 0 Å². The Hall–Kier alpha value is -2.07. The summed E-state index contributed by atoms with van der Waals surface area (Å²) >= 11 is 1.29. The van der Waals surface area contributed by atoms with Crippen LogP contribution >= 0.6 is 11.3 Å². The third-order valence-corrected chi connectivity index (χ3v) is 8.07. The number of aromatic nitrogens is 2. The molecule has 3 aromatic heterocycles. The smallest absolute Gasteiger partial charge is 0.252 e. The van der Waals surface area contributed by atoms with Crippen LogP contribution in [0.5, 0.6) is 0 Å². The Labute approximate surface area is 162 Å². The summed E-state index contributed by atoms with van der Waals surface area (Å²) in [5.41, 5.74) is 1.78. The lowest BCUT2D eigenvalue weighted by Gasteiger charge is -2.33. The van der Waals surface area contributed by atoms with Gasteiger partial charge in [-0.1, -0.05) is 0 Å². The fraction of sp³-hybridized carbons (Fsp3) is 0.333. The lowest BCUT2D eigenvalue weighted by atomic mass is 10.3. The van der Waals surface area contributed by atoms with Crippen LogP contribution in [0.2, 0.25) is 0 Å². The minimum Gasteiger partial charge on any atom is -0.384 e. The molecular weight excluding hydrogens is 382 g/mol. The summed E-state index contributed by atoms with van der Waals surface area (Å²) in [6.45, 7) is 4.20. The molecule has 4 rings (SSSR count). The fourth-order valence-corrected chi connectivity index (χ4v) is 6.04. The summed E-state index contributed by atoms with van der Waals surface area (Å²) in [7, 11) is -3.45. The minimum atomic E-state index is -3.45. The highest BCUT2D eigenvalue weighted by molar-refractivity contribution is 7.91. The second kappa shape index (κ2) is 7.89. The van der Waals surface area contributed by atoms with Gasteiger partial charge in [-0.25, -0.2) is 8.42 Å². The summed E-state index contributed by atoms with van der Waals surface area (Å²) in [5, 5.41) is 3.36. The molecule has 0 amide bonds. The van der Waals surface area contributed by atoms with Gasteiger partial charge in [0.2, 0.25) is 0 Å². The van der Waals surface area contributed by atoms with E-state index in [0.29, 0.717) is 17.3 Å². The van der Waals surface area contributed by atoms with Crippen LogP contribution in [0.1, 0.15) is 0 Å². The van der Waals surface area contributed by atoms with E-state index in [9.17, 15) is 8.42 Å². The third-order valence-electron chi connectivity index (χ3n) is 4.63. The van der Waals surface area contributed by atoms with Gasteiger partial charge in [-0.3, -0.25) is 14.9 Å². The zero-order valence-corrected chi connectivity index (χ0v) is 16.4. The number of nitrogens with zero attached hydrogens (tertiary/aromatic N) is 4. The second-order valence-electron chi connectivity index (χ2n) is 6.36. The summed E-state index contributed by atoms with van der Waals surface area (Å²) < 4.78 is 28.7. The average Bonchev–Trinajstić information content (AvgIpc) is 3.14. The largest absolute Gasteiger partial charge is 0.384 e. The van der Waals surface area contributed by atoms with Gasteiger partial charge in [-0.2, -0.15) is 4.31 Å². The number of hydrogen-bond donors (Lipinski definition) is 1. The molecule has 1 saturated heterocycles. The van der Waals surface area contributed by atoms with E-state index in [0.717, 1.165) is 42.1 Å². The lowest BCUT2D eigenvalue weighted by molar-refractivity contribution is 0.194. The maximum absolute atomic E-state index is 12.9. The van der Waals surface area contributed by atoms with E-state index in [1.54, 1.807) is 29.0 Å².